The summed E-state index contributed by atoms with van der Waals surface area (Å²) in [6.45, 7) is 10.9. The van der Waals surface area contributed by atoms with E-state index in [1.54, 1.807) is 0 Å². The van der Waals surface area contributed by atoms with Crippen LogP contribution in [0.1, 0.15) is 34.1 Å². The monoisotopic (exact) mass is 392 g/mol. The van der Waals surface area contributed by atoms with Crippen molar-refractivity contribution in [2.24, 2.45) is 5.92 Å². The molecule has 1 aromatic rings. The van der Waals surface area contributed by atoms with Gasteiger partial charge in [-0.3, -0.25) is 0 Å². The first-order valence-electron chi connectivity index (χ1n) is 7.44. The third kappa shape index (κ3) is 3.52. The lowest BCUT2D eigenvalue weighted by molar-refractivity contribution is 0.253. The lowest BCUT2D eigenvalue weighted by Gasteiger charge is -2.49. The van der Waals surface area contributed by atoms with Crippen LogP contribution in [0, 0.1) is 5.92 Å². The summed E-state index contributed by atoms with van der Waals surface area (Å²) in [6.07, 6.45) is 1.08. The quantitative estimate of drug-likeness (QED) is 0.695. The summed E-state index contributed by atoms with van der Waals surface area (Å²) in [4.78, 5) is 2.42. The zero-order valence-electron chi connectivity index (χ0n) is 13.0. The van der Waals surface area contributed by atoms with E-state index in [1.807, 2.05) is 6.07 Å². The highest BCUT2D eigenvalue weighted by molar-refractivity contribution is 9.10. The van der Waals surface area contributed by atoms with Gasteiger partial charge in [0, 0.05) is 29.1 Å². The molecule has 1 saturated heterocycles. The highest BCUT2D eigenvalue weighted by Crippen LogP contribution is 2.40. The first-order valence-corrected chi connectivity index (χ1v) is 8.99. The maximum absolute atomic E-state index is 6.51. The Labute approximate surface area is 146 Å². The van der Waals surface area contributed by atoms with Crippen molar-refractivity contribution in [3.8, 4) is 0 Å². The molecule has 2 nitrogen and oxygen atoms in total. The highest BCUT2D eigenvalue weighted by atomic mass is 79.9. The molecule has 21 heavy (non-hydrogen) atoms. The van der Waals surface area contributed by atoms with Crippen molar-refractivity contribution in [3.05, 3.63) is 26.7 Å². The van der Waals surface area contributed by atoms with Crippen molar-refractivity contribution in [3.63, 3.8) is 0 Å². The molecule has 1 aromatic carbocycles. The Hall–Kier alpha value is 0.0400. The minimum Gasteiger partial charge on any atom is -0.364 e. The first kappa shape index (κ1) is 17.4. The Kier molecular flexibility index (Phi) is 5.51. The van der Waals surface area contributed by atoms with Gasteiger partial charge in [-0.05, 0) is 47.3 Å². The van der Waals surface area contributed by atoms with Gasteiger partial charge >= 0.3 is 0 Å². The van der Waals surface area contributed by atoms with Crippen LogP contribution in [-0.4, -0.2) is 24.7 Å². The number of hydrogen-bond acceptors (Lipinski definition) is 2. The standard InChI is InChI=1S/C16H23BrCl2N2/c1-5-16(4)9-21(13(8-20-16)10(2)3)12-7-6-11(17)14(18)15(12)19/h6-7,10,13,20H,5,8-9H2,1-4H3. The first-order chi connectivity index (χ1) is 9.79. The predicted molar refractivity (Wildman–Crippen MR) is 96.8 cm³/mol. The Balaban J connectivity index is 2.43. The van der Waals surface area contributed by atoms with E-state index < -0.39 is 0 Å². The Morgan fingerprint density at radius 3 is 2.62 bits per heavy atom. The van der Waals surface area contributed by atoms with Gasteiger partial charge in [0.05, 0.1) is 15.7 Å². The maximum Gasteiger partial charge on any atom is 0.0837 e. The number of piperazine rings is 1. The second kappa shape index (κ2) is 6.66. The van der Waals surface area contributed by atoms with Gasteiger partial charge in [-0.25, -0.2) is 0 Å². The topological polar surface area (TPSA) is 15.3 Å². The van der Waals surface area contributed by atoms with Crippen molar-refractivity contribution in [2.45, 2.75) is 45.7 Å². The van der Waals surface area contributed by atoms with Gasteiger partial charge in [0.1, 0.15) is 0 Å². The van der Waals surface area contributed by atoms with Gasteiger partial charge in [0.15, 0.2) is 0 Å². The molecule has 2 atom stereocenters. The van der Waals surface area contributed by atoms with E-state index in [4.69, 9.17) is 23.2 Å². The maximum atomic E-state index is 6.51. The Bertz CT molecular complexity index is 521. The lowest BCUT2D eigenvalue weighted by Crippen LogP contribution is -2.64. The summed E-state index contributed by atoms with van der Waals surface area (Å²) in [6, 6.07) is 4.46. The molecule has 2 unspecified atom stereocenters. The van der Waals surface area contributed by atoms with Crippen molar-refractivity contribution >= 4 is 44.8 Å². The number of halogens is 3. The van der Waals surface area contributed by atoms with E-state index in [1.165, 1.54) is 0 Å². The van der Waals surface area contributed by atoms with E-state index in [9.17, 15) is 0 Å². The normalized spacial score (nSPS) is 26.5. The highest BCUT2D eigenvalue weighted by Gasteiger charge is 2.36. The molecule has 0 spiro atoms. The smallest absolute Gasteiger partial charge is 0.0837 e. The molecule has 1 aliphatic rings. The van der Waals surface area contributed by atoms with Crippen LogP contribution in [-0.2, 0) is 0 Å². The zero-order valence-corrected chi connectivity index (χ0v) is 16.1. The van der Waals surface area contributed by atoms with Crippen molar-refractivity contribution in [1.82, 2.24) is 5.32 Å². The molecule has 0 saturated carbocycles. The molecule has 2 rings (SSSR count). The molecular weight excluding hydrogens is 371 g/mol. The average molecular weight is 394 g/mol. The molecule has 1 heterocycles. The number of anilines is 1. The number of nitrogens with zero attached hydrogens (tertiary/aromatic N) is 1. The largest absolute Gasteiger partial charge is 0.364 e. The third-order valence-electron chi connectivity index (χ3n) is 4.53. The van der Waals surface area contributed by atoms with E-state index in [-0.39, 0.29) is 5.54 Å². The van der Waals surface area contributed by atoms with E-state index in [2.05, 4.69) is 59.9 Å². The summed E-state index contributed by atoms with van der Waals surface area (Å²) in [5, 5.41) is 4.92. The predicted octanol–water partition coefficient (Wildman–Crippen LogP) is 5.36. The van der Waals surface area contributed by atoms with Crippen LogP contribution < -0.4 is 10.2 Å². The zero-order chi connectivity index (χ0) is 15.8. The summed E-state index contributed by atoms with van der Waals surface area (Å²) in [5.74, 6) is 0.539. The molecule has 118 valence electrons. The number of nitrogens with one attached hydrogen (secondary N) is 1. The van der Waals surface area contributed by atoms with E-state index in [0.29, 0.717) is 22.0 Å². The van der Waals surface area contributed by atoms with Crippen LogP contribution in [0.3, 0.4) is 0 Å². The van der Waals surface area contributed by atoms with Crippen LogP contribution >= 0.6 is 39.1 Å². The summed E-state index contributed by atoms with van der Waals surface area (Å²) < 4.78 is 0.840. The molecule has 0 aliphatic carbocycles. The number of hydrogen-bond donors (Lipinski definition) is 1. The van der Waals surface area contributed by atoms with Gasteiger partial charge in [0.25, 0.3) is 0 Å². The summed E-state index contributed by atoms with van der Waals surface area (Å²) >= 11 is 16.3. The van der Waals surface area contributed by atoms with Crippen LogP contribution in [0.5, 0.6) is 0 Å². The fraction of sp³-hybridized carbons (Fsp3) is 0.625. The molecule has 0 bridgehead atoms. The fourth-order valence-corrected chi connectivity index (χ4v) is 3.72. The number of benzene rings is 1. The van der Waals surface area contributed by atoms with Crippen molar-refractivity contribution in [1.29, 1.82) is 0 Å². The molecule has 1 fully saturated rings. The average Bonchev–Trinajstić information content (AvgIpc) is 2.44. The molecule has 0 aromatic heterocycles. The minimum atomic E-state index is 0.105. The van der Waals surface area contributed by atoms with Gasteiger partial charge in [-0.1, -0.05) is 44.0 Å². The van der Waals surface area contributed by atoms with Gasteiger partial charge in [0.2, 0.25) is 0 Å². The van der Waals surface area contributed by atoms with Gasteiger partial charge in [-0.15, -0.1) is 0 Å². The minimum absolute atomic E-state index is 0.105. The Morgan fingerprint density at radius 2 is 2.05 bits per heavy atom. The van der Waals surface area contributed by atoms with E-state index >= 15 is 0 Å². The van der Waals surface area contributed by atoms with Crippen LogP contribution in [0.15, 0.2) is 16.6 Å². The van der Waals surface area contributed by atoms with Crippen molar-refractivity contribution in [2.75, 3.05) is 18.0 Å². The fourth-order valence-electron chi connectivity index (χ4n) is 2.84. The second-order valence-electron chi connectivity index (χ2n) is 6.43. The molecule has 1 N–H and O–H groups in total. The number of rotatable bonds is 3. The molecule has 5 heteroatoms. The van der Waals surface area contributed by atoms with Crippen LogP contribution in [0.2, 0.25) is 10.0 Å². The van der Waals surface area contributed by atoms with Gasteiger partial charge in [-0.2, -0.15) is 0 Å². The molecule has 0 radical (unpaired) electrons. The van der Waals surface area contributed by atoms with E-state index in [0.717, 1.165) is 29.7 Å². The molecule has 0 amide bonds. The Morgan fingerprint density at radius 1 is 1.38 bits per heavy atom. The molecular formula is C16H23BrCl2N2. The van der Waals surface area contributed by atoms with Crippen LogP contribution in [0.4, 0.5) is 5.69 Å². The van der Waals surface area contributed by atoms with Crippen molar-refractivity contribution < 1.29 is 0 Å². The molecule has 1 aliphatic heterocycles. The second-order valence-corrected chi connectivity index (χ2v) is 8.04. The summed E-state index contributed by atoms with van der Waals surface area (Å²) in [7, 11) is 0. The summed E-state index contributed by atoms with van der Waals surface area (Å²) in [5.41, 5.74) is 1.14. The third-order valence-corrected chi connectivity index (χ3v) is 6.29. The SMILES string of the molecule is CCC1(C)CN(c2ccc(Br)c(Cl)c2Cl)C(C(C)C)CN1. The lowest BCUT2D eigenvalue weighted by atomic mass is 9.89. The van der Waals surface area contributed by atoms with Gasteiger partial charge < -0.3 is 10.2 Å². The van der Waals surface area contributed by atoms with Crippen LogP contribution in [0.25, 0.3) is 0 Å².